The molecule has 0 bridgehead atoms. The van der Waals surface area contributed by atoms with Crippen LogP contribution in [0.5, 0.6) is 0 Å². The second-order valence-electron chi connectivity index (χ2n) is 5.24. The van der Waals surface area contributed by atoms with Crippen LogP contribution in [0, 0.1) is 25.5 Å². The average Bonchev–Trinajstić information content (AvgIpc) is 2.43. The van der Waals surface area contributed by atoms with Gasteiger partial charge in [0.25, 0.3) is 0 Å². The molecule has 1 nitrogen and oxygen atoms in total. The largest absolute Gasteiger partial charge is 0.313 e. The summed E-state index contributed by atoms with van der Waals surface area (Å²) in [7, 11) is 1.80. The zero-order valence-corrected chi connectivity index (χ0v) is 13.1. The van der Waals surface area contributed by atoms with Crippen LogP contribution in [-0.4, -0.2) is 7.05 Å². The van der Waals surface area contributed by atoms with Gasteiger partial charge in [0.2, 0.25) is 0 Å². The van der Waals surface area contributed by atoms with Gasteiger partial charge in [0.15, 0.2) is 0 Å². The van der Waals surface area contributed by atoms with Crippen LogP contribution in [0.25, 0.3) is 0 Å². The molecular weight excluding hydrogens is 292 g/mol. The monoisotopic (exact) mass is 309 g/mol. The first-order valence-corrected chi connectivity index (χ1v) is 7.18. The van der Waals surface area contributed by atoms with Gasteiger partial charge in [-0.25, -0.2) is 8.78 Å². The summed E-state index contributed by atoms with van der Waals surface area (Å²) < 4.78 is 26.8. The number of nitrogens with one attached hydrogen (secondary N) is 1. The van der Waals surface area contributed by atoms with E-state index in [0.717, 1.165) is 22.8 Å². The summed E-state index contributed by atoms with van der Waals surface area (Å²) in [6, 6.07) is 7.45. The highest BCUT2D eigenvalue weighted by Crippen LogP contribution is 2.29. The summed E-state index contributed by atoms with van der Waals surface area (Å²) in [6.07, 6.45) is 0.408. The molecule has 0 aliphatic carbocycles. The molecule has 0 spiro atoms. The molecule has 2 aromatic rings. The smallest absolute Gasteiger partial charge is 0.129 e. The Morgan fingerprint density at radius 1 is 1.10 bits per heavy atom. The second-order valence-corrected chi connectivity index (χ2v) is 5.65. The predicted octanol–water partition coefficient (Wildman–Crippen LogP) is 4.74. The highest BCUT2D eigenvalue weighted by Gasteiger charge is 2.17. The van der Waals surface area contributed by atoms with Crippen LogP contribution in [0.1, 0.15) is 28.3 Å². The molecule has 1 unspecified atom stereocenters. The first-order valence-electron chi connectivity index (χ1n) is 6.80. The first-order chi connectivity index (χ1) is 9.92. The van der Waals surface area contributed by atoms with E-state index >= 15 is 0 Å². The topological polar surface area (TPSA) is 12.0 Å². The molecule has 0 aliphatic heterocycles. The van der Waals surface area contributed by atoms with Crippen LogP contribution in [-0.2, 0) is 6.42 Å². The molecule has 0 saturated carbocycles. The van der Waals surface area contributed by atoms with E-state index in [-0.39, 0.29) is 6.04 Å². The third kappa shape index (κ3) is 3.60. The van der Waals surface area contributed by atoms with Crippen LogP contribution < -0.4 is 5.32 Å². The average molecular weight is 310 g/mol. The van der Waals surface area contributed by atoms with Crippen LogP contribution in [0.3, 0.4) is 0 Å². The molecule has 21 heavy (non-hydrogen) atoms. The molecule has 0 heterocycles. The van der Waals surface area contributed by atoms with Gasteiger partial charge in [-0.15, -0.1) is 0 Å². The highest BCUT2D eigenvalue weighted by molar-refractivity contribution is 6.31. The Morgan fingerprint density at radius 3 is 2.38 bits per heavy atom. The number of hydrogen-bond acceptors (Lipinski definition) is 1. The predicted molar refractivity (Wildman–Crippen MR) is 82.8 cm³/mol. The van der Waals surface area contributed by atoms with Crippen LogP contribution in [0.4, 0.5) is 8.78 Å². The molecule has 4 heteroatoms. The molecule has 0 amide bonds. The van der Waals surface area contributed by atoms with Gasteiger partial charge in [0, 0.05) is 17.1 Å². The van der Waals surface area contributed by atoms with E-state index in [1.807, 2.05) is 26.0 Å². The Labute approximate surface area is 128 Å². The SMILES string of the molecule is CNC(Cc1ccc(F)cc1F)c1cc(C)c(C)cc1Cl. The van der Waals surface area contributed by atoms with Crippen LogP contribution >= 0.6 is 11.6 Å². The van der Waals surface area contributed by atoms with Crippen LogP contribution in [0.15, 0.2) is 30.3 Å². The molecule has 0 saturated heterocycles. The van der Waals surface area contributed by atoms with E-state index < -0.39 is 11.6 Å². The van der Waals surface area contributed by atoms with Gasteiger partial charge in [-0.3, -0.25) is 0 Å². The zero-order chi connectivity index (χ0) is 15.6. The lowest BCUT2D eigenvalue weighted by Gasteiger charge is -2.20. The summed E-state index contributed by atoms with van der Waals surface area (Å²) in [5.74, 6) is -1.10. The van der Waals surface area contributed by atoms with E-state index in [1.54, 1.807) is 7.05 Å². The molecule has 1 N–H and O–H groups in total. The maximum Gasteiger partial charge on any atom is 0.129 e. The highest BCUT2D eigenvalue weighted by atomic mass is 35.5. The normalized spacial score (nSPS) is 12.5. The molecule has 112 valence electrons. The molecule has 0 aromatic heterocycles. The van der Waals surface area contributed by atoms with Gasteiger partial charge < -0.3 is 5.32 Å². The van der Waals surface area contributed by atoms with Gasteiger partial charge in [-0.05, 0) is 61.7 Å². The van der Waals surface area contributed by atoms with Crippen molar-refractivity contribution in [2.75, 3.05) is 7.05 Å². The molecule has 2 aromatic carbocycles. The summed E-state index contributed by atoms with van der Waals surface area (Å²) in [4.78, 5) is 0. The summed E-state index contributed by atoms with van der Waals surface area (Å²) in [6.45, 7) is 4.01. The fourth-order valence-corrected chi connectivity index (χ4v) is 2.69. The molecule has 1 atom stereocenters. The molecule has 0 aliphatic rings. The standard InChI is InChI=1S/C17H18ClF2N/c1-10-6-14(15(18)7-11(10)2)17(21-3)8-12-4-5-13(19)9-16(12)20/h4-7,9,17,21H,8H2,1-3H3. The summed E-state index contributed by atoms with van der Waals surface area (Å²) >= 11 is 6.31. The van der Waals surface area contributed by atoms with Gasteiger partial charge in [0.05, 0.1) is 0 Å². The Kier molecular flexibility index (Phi) is 4.96. The Balaban J connectivity index is 2.34. The molecule has 0 radical (unpaired) electrons. The van der Waals surface area contributed by atoms with Crippen molar-refractivity contribution < 1.29 is 8.78 Å². The van der Waals surface area contributed by atoms with Gasteiger partial charge in [0.1, 0.15) is 11.6 Å². The Bertz CT molecular complexity index is 655. The Hall–Kier alpha value is -1.45. The number of benzene rings is 2. The lowest BCUT2D eigenvalue weighted by molar-refractivity contribution is 0.540. The Morgan fingerprint density at radius 2 is 1.76 bits per heavy atom. The van der Waals surface area contributed by atoms with Gasteiger partial charge in [-0.1, -0.05) is 23.7 Å². The maximum absolute atomic E-state index is 13.8. The lowest BCUT2D eigenvalue weighted by Crippen LogP contribution is -2.20. The van der Waals surface area contributed by atoms with E-state index in [9.17, 15) is 8.78 Å². The van der Waals surface area contributed by atoms with Crippen molar-refractivity contribution in [2.45, 2.75) is 26.3 Å². The van der Waals surface area contributed by atoms with Crippen molar-refractivity contribution in [3.05, 3.63) is 69.2 Å². The van der Waals surface area contributed by atoms with Gasteiger partial charge in [-0.2, -0.15) is 0 Å². The molecule has 2 rings (SSSR count). The van der Waals surface area contributed by atoms with Crippen molar-refractivity contribution in [1.29, 1.82) is 0 Å². The van der Waals surface area contributed by atoms with Gasteiger partial charge >= 0.3 is 0 Å². The molecular formula is C17H18ClF2N. The van der Waals surface area contributed by atoms with E-state index in [2.05, 4.69) is 5.32 Å². The number of halogens is 3. The van der Waals surface area contributed by atoms with Crippen molar-refractivity contribution in [3.8, 4) is 0 Å². The first kappa shape index (κ1) is 15.9. The minimum absolute atomic E-state index is 0.128. The minimum Gasteiger partial charge on any atom is -0.313 e. The third-order valence-electron chi connectivity index (χ3n) is 3.78. The number of rotatable bonds is 4. The summed E-state index contributed by atoms with van der Waals surface area (Å²) in [5, 5.41) is 3.80. The fourth-order valence-electron chi connectivity index (χ4n) is 2.34. The van der Waals surface area contributed by atoms with Crippen molar-refractivity contribution >= 4 is 11.6 Å². The van der Waals surface area contributed by atoms with E-state index in [1.165, 1.54) is 12.1 Å². The molecule has 0 fully saturated rings. The summed E-state index contributed by atoms with van der Waals surface area (Å²) in [5.41, 5.74) is 3.64. The van der Waals surface area contributed by atoms with Crippen molar-refractivity contribution in [2.24, 2.45) is 0 Å². The third-order valence-corrected chi connectivity index (χ3v) is 4.10. The van der Waals surface area contributed by atoms with Crippen LogP contribution in [0.2, 0.25) is 5.02 Å². The maximum atomic E-state index is 13.8. The second kappa shape index (κ2) is 6.54. The number of aryl methyl sites for hydroxylation is 2. The van der Waals surface area contributed by atoms with Crippen molar-refractivity contribution in [1.82, 2.24) is 5.32 Å². The number of likely N-dealkylation sites (N-methyl/N-ethyl adjacent to an activating group) is 1. The van der Waals surface area contributed by atoms with E-state index in [0.29, 0.717) is 17.0 Å². The quantitative estimate of drug-likeness (QED) is 0.860. The zero-order valence-electron chi connectivity index (χ0n) is 12.3. The number of hydrogen-bond donors (Lipinski definition) is 1. The van der Waals surface area contributed by atoms with Crippen molar-refractivity contribution in [3.63, 3.8) is 0 Å². The fraction of sp³-hybridized carbons (Fsp3) is 0.294. The van der Waals surface area contributed by atoms with E-state index in [4.69, 9.17) is 11.6 Å². The lowest BCUT2D eigenvalue weighted by atomic mass is 9.95. The minimum atomic E-state index is -0.568.